The summed E-state index contributed by atoms with van der Waals surface area (Å²) in [5, 5.41) is 0. The van der Waals surface area contributed by atoms with E-state index in [1.807, 2.05) is 19.2 Å². The van der Waals surface area contributed by atoms with Crippen molar-refractivity contribution in [1.82, 2.24) is 14.5 Å². The second-order valence-corrected chi connectivity index (χ2v) is 5.62. The molecular weight excluding hydrogens is 258 g/mol. The van der Waals surface area contributed by atoms with Gasteiger partial charge in [-0.1, -0.05) is 12.1 Å². The average Bonchev–Trinajstić information content (AvgIpc) is 2.70. The molecule has 2 heterocycles. The number of hydrogen-bond acceptors (Lipinski definition) is 2. The summed E-state index contributed by atoms with van der Waals surface area (Å²) in [4.78, 5) is 16.7. The molecule has 0 aliphatic carbocycles. The van der Waals surface area contributed by atoms with Gasteiger partial charge in [-0.15, -0.1) is 0 Å². The van der Waals surface area contributed by atoms with E-state index in [9.17, 15) is 4.79 Å². The largest absolute Gasteiger partial charge is 0.344 e. The average molecular weight is 275 g/mol. The molecule has 1 amide bonds. The number of H-pyrrole nitrogens is 1. The van der Waals surface area contributed by atoms with E-state index >= 15 is 0 Å². The molecule has 3 rings (SSSR count). The number of para-hydroxylation sites is 1. The van der Waals surface area contributed by atoms with Gasteiger partial charge in [-0.25, -0.2) is 0 Å². The number of piperidine rings is 1. The van der Waals surface area contributed by atoms with Crippen molar-refractivity contribution in [3.8, 4) is 0 Å². The van der Waals surface area contributed by atoms with E-state index < -0.39 is 0 Å². The summed E-state index contributed by atoms with van der Waals surface area (Å²) in [6.45, 7) is 2.83. The molecule has 0 radical (unpaired) electrons. The number of nitrogens with one attached hydrogen (secondary N) is 1. The second-order valence-electron chi connectivity index (χ2n) is 5.24. The van der Waals surface area contributed by atoms with Crippen LogP contribution in [0, 0.1) is 11.7 Å². The van der Waals surface area contributed by atoms with E-state index in [1.165, 1.54) is 11.1 Å². The quantitative estimate of drug-likeness (QED) is 0.813. The number of likely N-dealkylation sites (N-methyl/N-ethyl adjacent to an activating group) is 1. The normalized spacial score (nSPS) is 20.2. The van der Waals surface area contributed by atoms with Gasteiger partial charge in [-0.2, -0.15) is 0 Å². The Hall–Kier alpha value is -1.62. The van der Waals surface area contributed by atoms with Gasteiger partial charge in [0.15, 0.2) is 4.77 Å². The lowest BCUT2D eigenvalue weighted by Gasteiger charge is -2.31. The number of benzene rings is 1. The minimum Gasteiger partial charge on any atom is -0.344 e. The lowest BCUT2D eigenvalue weighted by molar-refractivity contribution is -0.132. The third kappa shape index (κ3) is 1.98. The number of likely N-dealkylation sites (tertiary alicyclic amines) is 1. The van der Waals surface area contributed by atoms with Gasteiger partial charge in [-0.05, 0) is 37.2 Å². The molecule has 4 nitrogen and oxygen atoms in total. The van der Waals surface area contributed by atoms with Gasteiger partial charge in [0.05, 0.1) is 17.1 Å². The third-order valence-electron chi connectivity index (χ3n) is 3.91. The SMILES string of the molecule is Cc1cccc2[nH]c(=S)n(C3CCC(=O)N(C)C3)c12. The number of fused-ring (bicyclic) bond motifs is 1. The minimum absolute atomic E-state index is 0.222. The first-order chi connectivity index (χ1) is 9.08. The summed E-state index contributed by atoms with van der Waals surface area (Å²) in [6.07, 6.45) is 1.46. The molecule has 1 unspecified atom stereocenters. The van der Waals surface area contributed by atoms with Crippen molar-refractivity contribution in [3.05, 3.63) is 28.5 Å². The van der Waals surface area contributed by atoms with Crippen LogP contribution in [-0.2, 0) is 4.79 Å². The maximum absolute atomic E-state index is 11.6. The van der Waals surface area contributed by atoms with E-state index in [0.717, 1.165) is 23.3 Å². The van der Waals surface area contributed by atoms with Crippen LogP contribution < -0.4 is 0 Å². The molecule has 1 aliphatic heterocycles. The third-order valence-corrected chi connectivity index (χ3v) is 4.20. The van der Waals surface area contributed by atoms with Crippen LogP contribution in [0.15, 0.2) is 18.2 Å². The smallest absolute Gasteiger partial charge is 0.222 e. The van der Waals surface area contributed by atoms with E-state index in [1.54, 1.807) is 4.90 Å². The minimum atomic E-state index is 0.222. The molecule has 1 aliphatic rings. The van der Waals surface area contributed by atoms with Gasteiger partial charge in [-0.3, -0.25) is 4.79 Å². The molecule has 0 spiro atoms. The van der Waals surface area contributed by atoms with Crippen molar-refractivity contribution in [2.24, 2.45) is 0 Å². The molecule has 1 aromatic carbocycles. The summed E-state index contributed by atoms with van der Waals surface area (Å²) in [7, 11) is 1.86. The standard InChI is InChI=1S/C14H17N3OS/c1-9-4-3-5-11-13(9)17(14(19)15-11)10-6-7-12(18)16(2)8-10/h3-5,10H,6-8H2,1-2H3,(H,15,19). The van der Waals surface area contributed by atoms with Crippen molar-refractivity contribution in [3.63, 3.8) is 0 Å². The van der Waals surface area contributed by atoms with Crippen LogP contribution in [0.25, 0.3) is 11.0 Å². The Morgan fingerprint density at radius 1 is 1.42 bits per heavy atom. The van der Waals surface area contributed by atoms with E-state index in [4.69, 9.17) is 12.2 Å². The number of carbonyl (C=O) groups is 1. The van der Waals surface area contributed by atoms with E-state index in [2.05, 4.69) is 22.5 Å². The van der Waals surface area contributed by atoms with Crippen molar-refractivity contribution in [2.75, 3.05) is 13.6 Å². The molecule has 1 atom stereocenters. The number of imidazole rings is 1. The fraction of sp³-hybridized carbons (Fsp3) is 0.429. The maximum Gasteiger partial charge on any atom is 0.222 e. The Balaban J connectivity index is 2.13. The molecule has 1 saturated heterocycles. The number of amides is 1. The summed E-state index contributed by atoms with van der Waals surface area (Å²) in [5.74, 6) is 0.222. The number of rotatable bonds is 1. The lowest BCUT2D eigenvalue weighted by atomic mass is 10.0. The van der Waals surface area contributed by atoms with Crippen LogP contribution in [-0.4, -0.2) is 34.0 Å². The predicted octanol–water partition coefficient (Wildman–Crippen LogP) is 2.80. The molecule has 100 valence electrons. The van der Waals surface area contributed by atoms with Crippen LogP contribution in [0.5, 0.6) is 0 Å². The molecule has 0 saturated carbocycles. The zero-order valence-corrected chi connectivity index (χ0v) is 12.0. The van der Waals surface area contributed by atoms with Crippen LogP contribution in [0.4, 0.5) is 0 Å². The summed E-state index contributed by atoms with van der Waals surface area (Å²) < 4.78 is 2.93. The summed E-state index contributed by atoms with van der Waals surface area (Å²) in [5.41, 5.74) is 3.45. The lowest BCUT2D eigenvalue weighted by Crippen LogP contribution is -2.38. The topological polar surface area (TPSA) is 41.0 Å². The Bertz CT molecular complexity index is 700. The van der Waals surface area contributed by atoms with Crippen LogP contribution in [0.3, 0.4) is 0 Å². The van der Waals surface area contributed by atoms with Gasteiger partial charge in [0.25, 0.3) is 0 Å². The number of aromatic nitrogens is 2. The van der Waals surface area contributed by atoms with Gasteiger partial charge >= 0.3 is 0 Å². The highest BCUT2D eigenvalue weighted by Gasteiger charge is 2.26. The number of carbonyl (C=O) groups excluding carboxylic acids is 1. The van der Waals surface area contributed by atoms with Crippen molar-refractivity contribution >= 4 is 29.2 Å². The molecule has 19 heavy (non-hydrogen) atoms. The monoisotopic (exact) mass is 275 g/mol. The summed E-state index contributed by atoms with van der Waals surface area (Å²) >= 11 is 5.47. The molecule has 0 bridgehead atoms. The number of aromatic amines is 1. The fourth-order valence-electron chi connectivity index (χ4n) is 2.91. The Labute approximate surface area is 117 Å². The molecule has 1 fully saturated rings. The Kier molecular flexibility index (Phi) is 2.93. The molecule has 1 N–H and O–H groups in total. The number of nitrogens with zero attached hydrogens (tertiary/aromatic N) is 2. The molecule has 1 aromatic heterocycles. The van der Waals surface area contributed by atoms with Crippen LogP contribution in [0.1, 0.15) is 24.4 Å². The van der Waals surface area contributed by atoms with Crippen molar-refractivity contribution < 1.29 is 4.79 Å². The van der Waals surface area contributed by atoms with Gasteiger partial charge < -0.3 is 14.5 Å². The second kappa shape index (κ2) is 4.49. The van der Waals surface area contributed by atoms with E-state index in [-0.39, 0.29) is 11.9 Å². The van der Waals surface area contributed by atoms with Gasteiger partial charge in [0.2, 0.25) is 5.91 Å². The first-order valence-electron chi connectivity index (χ1n) is 6.51. The highest BCUT2D eigenvalue weighted by molar-refractivity contribution is 7.71. The van der Waals surface area contributed by atoms with Gasteiger partial charge in [0, 0.05) is 20.0 Å². The molecule has 5 heteroatoms. The van der Waals surface area contributed by atoms with Crippen LogP contribution >= 0.6 is 12.2 Å². The highest BCUT2D eigenvalue weighted by atomic mass is 32.1. The molecule has 2 aromatic rings. The predicted molar refractivity (Wildman–Crippen MR) is 77.8 cm³/mol. The highest BCUT2D eigenvalue weighted by Crippen LogP contribution is 2.28. The Morgan fingerprint density at radius 3 is 2.95 bits per heavy atom. The summed E-state index contributed by atoms with van der Waals surface area (Å²) in [6, 6.07) is 6.44. The number of hydrogen-bond donors (Lipinski definition) is 1. The first kappa shape index (κ1) is 12.4. The Morgan fingerprint density at radius 2 is 2.21 bits per heavy atom. The first-order valence-corrected chi connectivity index (χ1v) is 6.92. The molecular formula is C14H17N3OS. The maximum atomic E-state index is 11.6. The van der Waals surface area contributed by atoms with E-state index in [0.29, 0.717) is 6.42 Å². The van der Waals surface area contributed by atoms with Crippen LogP contribution in [0.2, 0.25) is 0 Å². The van der Waals surface area contributed by atoms with Crippen molar-refractivity contribution in [1.29, 1.82) is 0 Å². The fourth-order valence-corrected chi connectivity index (χ4v) is 3.26. The van der Waals surface area contributed by atoms with Crippen molar-refractivity contribution in [2.45, 2.75) is 25.8 Å². The van der Waals surface area contributed by atoms with Gasteiger partial charge in [0.1, 0.15) is 0 Å². The zero-order chi connectivity index (χ0) is 13.6. The zero-order valence-electron chi connectivity index (χ0n) is 11.1. The number of aryl methyl sites for hydroxylation is 1.